The zero-order valence-corrected chi connectivity index (χ0v) is 11.8. The summed E-state index contributed by atoms with van der Waals surface area (Å²) in [4.78, 5) is 11.3. The van der Waals surface area contributed by atoms with Crippen LogP contribution in [0.1, 0.15) is 80.5 Å². The summed E-state index contributed by atoms with van der Waals surface area (Å²) < 4.78 is 0. The van der Waals surface area contributed by atoms with E-state index in [0.717, 1.165) is 19.4 Å². The Morgan fingerprint density at radius 1 is 0.938 bits per heavy atom. The van der Waals surface area contributed by atoms with Crippen molar-refractivity contribution in [3.8, 4) is 0 Å². The molecule has 1 N–H and O–H groups in total. The smallest absolute Gasteiger partial charge is 0.219 e. The zero-order chi connectivity index (χ0) is 12.6. The van der Waals surface area contributed by atoms with Gasteiger partial charge in [-0.15, -0.1) is 0 Å². The lowest BCUT2D eigenvalue weighted by atomic mass is 10.1. The molecule has 0 aromatic rings. The Labute approximate surface area is 104 Å². The van der Waals surface area contributed by atoms with Crippen molar-refractivity contribution >= 4 is 5.91 Å². The van der Waals surface area contributed by atoms with E-state index in [9.17, 15) is 4.79 Å². The summed E-state index contributed by atoms with van der Waals surface area (Å²) in [6.07, 6.45) is 9.00. The van der Waals surface area contributed by atoms with Crippen molar-refractivity contribution < 1.29 is 6.22 Å². The second-order valence-electron chi connectivity index (χ2n) is 3.87. The molecule has 0 heterocycles. The van der Waals surface area contributed by atoms with Gasteiger partial charge in [-0.25, -0.2) is 0 Å². The molecule has 0 aliphatic carbocycles. The van der Waals surface area contributed by atoms with Gasteiger partial charge in [-0.3, -0.25) is 4.79 Å². The van der Waals surface area contributed by atoms with Crippen LogP contribution in [0.5, 0.6) is 0 Å². The van der Waals surface area contributed by atoms with Gasteiger partial charge in [0.1, 0.15) is 0 Å². The quantitative estimate of drug-likeness (QED) is 0.580. The largest absolute Gasteiger partial charge is 0.356 e. The van der Waals surface area contributed by atoms with Crippen LogP contribution in [-0.4, -0.2) is 12.5 Å². The van der Waals surface area contributed by atoms with Crippen molar-refractivity contribution in [2.45, 2.75) is 79.1 Å². The Morgan fingerprint density at radius 2 is 1.50 bits per heavy atom. The number of amides is 1. The van der Waals surface area contributed by atoms with E-state index >= 15 is 0 Å². The molecular formula is C14H33NO. The fraction of sp³-hybridized carbons (Fsp3) is 0.929. The number of unbranched alkanes of at least 4 members (excludes halogenated alkanes) is 5. The van der Waals surface area contributed by atoms with E-state index in [2.05, 4.69) is 19.2 Å². The summed E-state index contributed by atoms with van der Waals surface area (Å²) in [5.74, 6) is 0.234. The number of rotatable bonds is 9. The van der Waals surface area contributed by atoms with Crippen molar-refractivity contribution in [2.24, 2.45) is 0 Å². The van der Waals surface area contributed by atoms with E-state index in [1.165, 1.54) is 32.1 Å². The highest BCUT2D eigenvalue weighted by molar-refractivity contribution is 5.75. The van der Waals surface area contributed by atoms with Crippen molar-refractivity contribution in [3.05, 3.63) is 0 Å². The summed E-state index contributed by atoms with van der Waals surface area (Å²) in [5.41, 5.74) is 0. The van der Waals surface area contributed by atoms with Crippen LogP contribution in [0.3, 0.4) is 0 Å². The maximum Gasteiger partial charge on any atom is 0.219 e. The molecule has 0 aromatic heterocycles. The van der Waals surface area contributed by atoms with Crippen molar-refractivity contribution in [2.75, 3.05) is 6.54 Å². The second-order valence-corrected chi connectivity index (χ2v) is 3.87. The number of carbonyl (C=O) groups is 1. The van der Waals surface area contributed by atoms with Crippen LogP contribution in [0, 0.1) is 0 Å². The Morgan fingerprint density at radius 3 is 2.06 bits per heavy atom. The van der Waals surface area contributed by atoms with Gasteiger partial charge in [0, 0.05) is 14.4 Å². The minimum atomic E-state index is 0. The summed E-state index contributed by atoms with van der Waals surface area (Å²) in [7, 11) is 0. The van der Waals surface area contributed by atoms with Crippen LogP contribution in [0.15, 0.2) is 0 Å². The van der Waals surface area contributed by atoms with Crippen LogP contribution in [0.25, 0.3) is 0 Å². The molecule has 2 heteroatoms. The first-order valence-electron chi connectivity index (χ1n) is 7.08. The standard InChI is InChI=1S/C12H25NO.C2H6.H2/c1-3-5-7-8-10-12(14)13-11-9-6-4-2;1-2;/h3-11H2,1-2H3,(H,13,14);1-2H3;1H. The first-order valence-corrected chi connectivity index (χ1v) is 7.08. The van der Waals surface area contributed by atoms with Gasteiger partial charge in [-0.1, -0.05) is 59.8 Å². The van der Waals surface area contributed by atoms with E-state index in [4.69, 9.17) is 0 Å². The molecule has 0 fully saturated rings. The molecule has 0 spiro atoms. The van der Waals surface area contributed by atoms with Gasteiger partial charge in [0.25, 0.3) is 0 Å². The zero-order valence-electron chi connectivity index (χ0n) is 11.8. The second kappa shape index (κ2) is 16.9. The number of hydrogen-bond acceptors (Lipinski definition) is 1. The lowest BCUT2D eigenvalue weighted by Gasteiger charge is -2.03. The molecule has 0 saturated carbocycles. The number of carbonyl (C=O) groups excluding carboxylic acids is 1. The summed E-state index contributed by atoms with van der Waals surface area (Å²) in [5, 5.41) is 2.96. The first-order chi connectivity index (χ1) is 7.81. The normalized spacial score (nSPS) is 9.25. The molecule has 0 atom stereocenters. The van der Waals surface area contributed by atoms with Crippen molar-refractivity contribution in [1.29, 1.82) is 0 Å². The molecule has 2 nitrogen and oxygen atoms in total. The van der Waals surface area contributed by atoms with Crippen LogP contribution in [0.2, 0.25) is 0 Å². The summed E-state index contributed by atoms with van der Waals surface area (Å²) in [6.45, 7) is 9.22. The predicted molar refractivity (Wildman–Crippen MR) is 74.8 cm³/mol. The molecule has 0 aliphatic heterocycles. The van der Waals surface area contributed by atoms with Crippen LogP contribution < -0.4 is 5.32 Å². The highest BCUT2D eigenvalue weighted by Crippen LogP contribution is 2.02. The Hall–Kier alpha value is -0.530. The average Bonchev–Trinajstić information content (AvgIpc) is 2.33. The summed E-state index contributed by atoms with van der Waals surface area (Å²) in [6, 6.07) is 0. The molecule has 100 valence electrons. The number of hydrogen-bond donors (Lipinski definition) is 1. The monoisotopic (exact) mass is 231 g/mol. The molecule has 0 aliphatic rings. The maximum atomic E-state index is 11.3. The van der Waals surface area contributed by atoms with Gasteiger partial charge in [-0.05, 0) is 12.8 Å². The fourth-order valence-corrected chi connectivity index (χ4v) is 1.40. The Balaban J connectivity index is -0.000000616. The Kier molecular flexibility index (Phi) is 18.8. The third-order valence-corrected chi connectivity index (χ3v) is 2.36. The lowest BCUT2D eigenvalue weighted by Crippen LogP contribution is -2.23. The van der Waals surface area contributed by atoms with Gasteiger partial charge in [0.05, 0.1) is 0 Å². The van der Waals surface area contributed by atoms with E-state index < -0.39 is 0 Å². The molecule has 0 radical (unpaired) electrons. The van der Waals surface area contributed by atoms with Crippen molar-refractivity contribution in [3.63, 3.8) is 0 Å². The molecule has 1 amide bonds. The topological polar surface area (TPSA) is 29.1 Å². The fourth-order valence-electron chi connectivity index (χ4n) is 1.40. The molecule has 0 unspecified atom stereocenters. The average molecular weight is 231 g/mol. The Bertz CT molecular complexity index is 126. The van der Waals surface area contributed by atoms with Gasteiger partial charge in [0.2, 0.25) is 5.91 Å². The van der Waals surface area contributed by atoms with Crippen LogP contribution in [-0.2, 0) is 4.79 Å². The van der Waals surface area contributed by atoms with Crippen molar-refractivity contribution in [1.82, 2.24) is 5.32 Å². The minimum absolute atomic E-state index is 0. The van der Waals surface area contributed by atoms with E-state index in [1.54, 1.807) is 0 Å². The molecular weight excluding hydrogens is 198 g/mol. The molecule has 0 bridgehead atoms. The molecule has 16 heavy (non-hydrogen) atoms. The highest BCUT2D eigenvalue weighted by Gasteiger charge is 1.99. The van der Waals surface area contributed by atoms with Gasteiger partial charge < -0.3 is 5.32 Å². The SMILES string of the molecule is CC.CCCCCCC(=O)NCCCCC.[HH]. The number of nitrogens with one attached hydrogen (secondary N) is 1. The van der Waals surface area contributed by atoms with E-state index in [-0.39, 0.29) is 7.33 Å². The summed E-state index contributed by atoms with van der Waals surface area (Å²) >= 11 is 0. The van der Waals surface area contributed by atoms with Gasteiger partial charge >= 0.3 is 0 Å². The van der Waals surface area contributed by atoms with E-state index in [0.29, 0.717) is 6.42 Å². The minimum Gasteiger partial charge on any atom is -0.356 e. The molecule has 0 rings (SSSR count). The highest BCUT2D eigenvalue weighted by atomic mass is 16.1. The molecule has 0 aromatic carbocycles. The molecule has 0 saturated heterocycles. The third-order valence-electron chi connectivity index (χ3n) is 2.36. The first kappa shape index (κ1) is 17.9. The third kappa shape index (κ3) is 15.9. The van der Waals surface area contributed by atoms with Gasteiger partial charge in [-0.2, -0.15) is 0 Å². The van der Waals surface area contributed by atoms with E-state index in [1.807, 2.05) is 13.8 Å². The van der Waals surface area contributed by atoms with Gasteiger partial charge in [0.15, 0.2) is 0 Å². The lowest BCUT2D eigenvalue weighted by molar-refractivity contribution is -0.121. The van der Waals surface area contributed by atoms with Crippen LogP contribution >= 0.6 is 0 Å². The predicted octanol–water partition coefficient (Wildman–Crippen LogP) is 4.54. The van der Waals surface area contributed by atoms with Crippen LogP contribution in [0.4, 0.5) is 0 Å². The maximum absolute atomic E-state index is 11.3.